The van der Waals surface area contributed by atoms with E-state index in [4.69, 9.17) is 9.05 Å². The van der Waals surface area contributed by atoms with E-state index in [9.17, 15) is 4.57 Å². The summed E-state index contributed by atoms with van der Waals surface area (Å²) in [6, 6.07) is 8.00. The Bertz CT molecular complexity index is 630. The van der Waals surface area contributed by atoms with Crippen LogP contribution in [0.15, 0.2) is 35.3 Å². The molecule has 0 spiro atoms. The van der Waals surface area contributed by atoms with Crippen molar-refractivity contribution in [1.29, 1.82) is 0 Å². The number of allylic oxidation sites excluding steroid dienone is 1. The fourth-order valence-corrected chi connectivity index (χ4v) is 3.61. The number of fused-ring (bicyclic) bond motifs is 1. The highest BCUT2D eigenvalue weighted by Gasteiger charge is 2.35. The predicted molar refractivity (Wildman–Crippen MR) is 85.7 cm³/mol. The molecule has 1 atom stereocenters. The summed E-state index contributed by atoms with van der Waals surface area (Å²) in [5.41, 5.74) is 3.09. The topological polar surface area (TPSA) is 51.1 Å². The Hall–Kier alpha value is -1.42. The van der Waals surface area contributed by atoms with Crippen molar-refractivity contribution in [3.63, 3.8) is 0 Å². The maximum Gasteiger partial charge on any atom is 0.358 e. The largest absolute Gasteiger partial charge is 0.362 e. The molecule has 0 saturated heterocycles. The highest BCUT2D eigenvalue weighted by atomic mass is 31.2. The number of hydrogen-bond donors (Lipinski definition) is 0. The average Bonchev–Trinajstić information content (AvgIpc) is 2.64. The van der Waals surface area contributed by atoms with Crippen LogP contribution in [0.3, 0.4) is 0 Å². The van der Waals surface area contributed by atoms with Crippen LogP contribution in [0.5, 0.6) is 0 Å². The van der Waals surface area contributed by atoms with Gasteiger partial charge in [0, 0.05) is 33.9 Å². The van der Waals surface area contributed by atoms with Gasteiger partial charge in [-0.1, -0.05) is 24.3 Å². The number of rotatable bonds is 3. The fraction of sp³-hybridized carbons (Fsp3) is 0.400. The Kier molecular flexibility index (Phi) is 4.67. The van der Waals surface area contributed by atoms with Gasteiger partial charge < -0.3 is 13.9 Å². The summed E-state index contributed by atoms with van der Waals surface area (Å²) in [6.07, 6.45) is 1.85. The number of hydrogen-bond acceptors (Lipinski definition) is 5. The molecule has 0 bridgehead atoms. The summed E-state index contributed by atoms with van der Waals surface area (Å²) in [4.78, 5) is 6.54. The minimum atomic E-state index is -3.32. The van der Waals surface area contributed by atoms with Crippen molar-refractivity contribution >= 4 is 19.0 Å². The van der Waals surface area contributed by atoms with Crippen molar-refractivity contribution < 1.29 is 13.6 Å². The van der Waals surface area contributed by atoms with Gasteiger partial charge in [-0.2, -0.15) is 0 Å². The first-order chi connectivity index (χ1) is 9.92. The smallest absolute Gasteiger partial charge is 0.358 e. The van der Waals surface area contributed by atoms with E-state index in [0.717, 1.165) is 22.5 Å². The van der Waals surface area contributed by atoms with Crippen molar-refractivity contribution in [2.45, 2.75) is 12.7 Å². The lowest BCUT2D eigenvalue weighted by molar-refractivity contribution is 0.270. The van der Waals surface area contributed by atoms with Crippen LogP contribution in [0, 0.1) is 0 Å². The van der Waals surface area contributed by atoms with Crippen LogP contribution in [0.1, 0.15) is 18.1 Å². The lowest BCUT2D eigenvalue weighted by Crippen LogP contribution is -2.25. The molecule has 1 aromatic carbocycles. The molecular weight excluding hydrogens is 287 g/mol. The van der Waals surface area contributed by atoms with Gasteiger partial charge in [-0.25, -0.2) is 4.99 Å². The summed E-state index contributed by atoms with van der Waals surface area (Å²) in [5, 5.41) is 0. The van der Waals surface area contributed by atoms with Gasteiger partial charge in [-0.05, 0) is 24.1 Å². The van der Waals surface area contributed by atoms with Crippen LogP contribution in [0.2, 0.25) is 0 Å². The number of aliphatic imine (C=N–C) groups is 1. The Morgan fingerprint density at radius 2 is 1.71 bits per heavy atom. The molecule has 1 aromatic rings. The zero-order valence-corrected chi connectivity index (χ0v) is 13.9. The van der Waals surface area contributed by atoms with Crippen LogP contribution in [-0.4, -0.2) is 44.8 Å². The first kappa shape index (κ1) is 16.0. The van der Waals surface area contributed by atoms with Crippen LogP contribution >= 0.6 is 7.60 Å². The maximum absolute atomic E-state index is 12.7. The van der Waals surface area contributed by atoms with E-state index in [0.29, 0.717) is 0 Å². The monoisotopic (exact) mass is 308 g/mol. The molecule has 5 nitrogen and oxygen atoms in total. The third-order valence-electron chi connectivity index (χ3n) is 3.50. The van der Waals surface area contributed by atoms with E-state index in [1.54, 1.807) is 0 Å². The summed E-state index contributed by atoms with van der Waals surface area (Å²) in [5.74, 6) is 0.107. The van der Waals surface area contributed by atoms with Gasteiger partial charge in [-0.3, -0.25) is 4.57 Å². The molecule has 0 saturated carbocycles. The third-order valence-corrected chi connectivity index (χ3v) is 5.43. The normalized spacial score (nSPS) is 18.4. The first-order valence-corrected chi connectivity index (χ1v) is 8.28. The van der Waals surface area contributed by atoms with E-state index >= 15 is 0 Å². The van der Waals surface area contributed by atoms with E-state index in [2.05, 4.69) is 4.99 Å². The molecule has 6 heteroatoms. The number of amidine groups is 1. The molecule has 1 aliphatic heterocycles. The van der Waals surface area contributed by atoms with Gasteiger partial charge in [-0.15, -0.1) is 0 Å². The lowest BCUT2D eigenvalue weighted by Gasteiger charge is -2.21. The number of nitrogens with zero attached hydrogens (tertiary/aromatic N) is 2. The lowest BCUT2D eigenvalue weighted by atomic mass is 10.0. The third kappa shape index (κ3) is 2.95. The maximum atomic E-state index is 12.7. The molecule has 0 amide bonds. The Balaban J connectivity index is 2.66. The van der Waals surface area contributed by atoms with Gasteiger partial charge >= 0.3 is 7.60 Å². The molecule has 21 heavy (non-hydrogen) atoms. The van der Waals surface area contributed by atoms with E-state index in [1.165, 1.54) is 14.2 Å². The highest BCUT2D eigenvalue weighted by molar-refractivity contribution is 7.54. The Labute approximate surface area is 125 Å². The summed E-state index contributed by atoms with van der Waals surface area (Å²) < 4.78 is 22.9. The van der Waals surface area contributed by atoms with E-state index in [-0.39, 0.29) is 0 Å². The highest BCUT2D eigenvalue weighted by Crippen LogP contribution is 2.54. The molecule has 1 heterocycles. The molecular formula is C15H21N2O3P. The molecule has 1 unspecified atom stereocenters. The van der Waals surface area contributed by atoms with Crippen LogP contribution in [-0.2, 0) is 13.6 Å². The van der Waals surface area contributed by atoms with Gasteiger partial charge in [0.1, 0.15) is 5.84 Å². The van der Waals surface area contributed by atoms with Gasteiger partial charge in [0.25, 0.3) is 0 Å². The molecule has 114 valence electrons. The molecule has 0 N–H and O–H groups in total. The fourth-order valence-electron chi connectivity index (χ4n) is 2.38. The van der Waals surface area contributed by atoms with E-state index in [1.807, 2.05) is 56.3 Å². The second-order valence-electron chi connectivity index (χ2n) is 5.06. The summed E-state index contributed by atoms with van der Waals surface area (Å²) >= 11 is 0. The Morgan fingerprint density at radius 1 is 1.14 bits per heavy atom. The molecule has 0 aliphatic carbocycles. The van der Waals surface area contributed by atoms with Crippen molar-refractivity contribution in [3.8, 4) is 0 Å². The first-order valence-electron chi connectivity index (χ1n) is 6.67. The summed E-state index contributed by atoms with van der Waals surface area (Å²) in [6.45, 7) is 1.98. The zero-order chi connectivity index (χ0) is 15.6. The second kappa shape index (κ2) is 6.14. The zero-order valence-electron chi connectivity index (χ0n) is 13.0. The van der Waals surface area contributed by atoms with Crippen molar-refractivity contribution in [1.82, 2.24) is 4.90 Å². The quantitative estimate of drug-likeness (QED) is 0.805. The molecule has 1 aliphatic rings. The predicted octanol–water partition coefficient (Wildman–Crippen LogP) is 3.22. The summed E-state index contributed by atoms with van der Waals surface area (Å²) in [7, 11) is 3.28. The van der Waals surface area contributed by atoms with Crippen molar-refractivity contribution in [2.24, 2.45) is 4.99 Å². The van der Waals surface area contributed by atoms with Crippen LogP contribution in [0.25, 0.3) is 5.57 Å². The Morgan fingerprint density at radius 3 is 2.24 bits per heavy atom. The van der Waals surface area contributed by atoms with Crippen molar-refractivity contribution in [2.75, 3.05) is 28.3 Å². The second-order valence-corrected chi connectivity index (χ2v) is 7.40. The molecule has 0 fully saturated rings. The SMILES string of the molecule is COP(=O)(OC)C1C=C(C)c2ccccc2C(N(C)C)=N1. The van der Waals surface area contributed by atoms with Gasteiger partial charge in [0.15, 0.2) is 5.78 Å². The minimum absolute atomic E-state index is 0.655. The van der Waals surface area contributed by atoms with Crippen LogP contribution < -0.4 is 0 Å². The molecule has 0 radical (unpaired) electrons. The van der Waals surface area contributed by atoms with E-state index < -0.39 is 13.4 Å². The number of benzene rings is 1. The minimum Gasteiger partial charge on any atom is -0.362 e. The average molecular weight is 308 g/mol. The van der Waals surface area contributed by atoms with Crippen molar-refractivity contribution in [3.05, 3.63) is 41.5 Å². The molecule has 0 aromatic heterocycles. The standard InChI is InChI=1S/C15H21N2O3P/c1-11-10-14(21(18,19-4)20-5)16-15(17(2)3)13-9-7-6-8-12(11)13/h6-10,14H,1-5H3. The van der Waals surface area contributed by atoms with Gasteiger partial charge in [0.05, 0.1) is 0 Å². The molecule has 2 rings (SSSR count). The van der Waals surface area contributed by atoms with Gasteiger partial charge in [0.2, 0.25) is 0 Å². The van der Waals surface area contributed by atoms with Crippen LogP contribution in [0.4, 0.5) is 0 Å².